The Morgan fingerprint density at radius 2 is 2.41 bits per heavy atom. The van der Waals surface area contributed by atoms with Crippen molar-refractivity contribution in [1.82, 2.24) is 0 Å². The summed E-state index contributed by atoms with van der Waals surface area (Å²) in [5, 5.41) is 11.9. The first-order valence-corrected chi connectivity index (χ1v) is 5.78. The molecule has 0 saturated carbocycles. The van der Waals surface area contributed by atoms with E-state index in [1.165, 1.54) is 12.1 Å². The molecular formula is C12H13BrFNO2. The van der Waals surface area contributed by atoms with E-state index in [1.54, 1.807) is 19.1 Å². The molecule has 0 aliphatic carbocycles. The van der Waals surface area contributed by atoms with Crippen molar-refractivity contribution in [1.29, 1.82) is 0 Å². The molecule has 0 aromatic heterocycles. The summed E-state index contributed by atoms with van der Waals surface area (Å²) in [7, 11) is 0. The van der Waals surface area contributed by atoms with E-state index < -0.39 is 5.82 Å². The molecule has 0 bridgehead atoms. The highest BCUT2D eigenvalue weighted by Gasteiger charge is 2.12. The summed E-state index contributed by atoms with van der Waals surface area (Å²) in [6.45, 7) is 5.36. The third-order valence-corrected chi connectivity index (χ3v) is 2.67. The van der Waals surface area contributed by atoms with Gasteiger partial charge in [-0.15, -0.1) is 6.58 Å². The zero-order chi connectivity index (χ0) is 12.8. The minimum absolute atomic E-state index is 0.0110. The first-order valence-electron chi connectivity index (χ1n) is 4.99. The van der Waals surface area contributed by atoms with Gasteiger partial charge < -0.3 is 9.94 Å². The van der Waals surface area contributed by atoms with Gasteiger partial charge in [0.15, 0.2) is 0 Å². The van der Waals surface area contributed by atoms with E-state index in [1.807, 2.05) is 0 Å². The zero-order valence-corrected chi connectivity index (χ0v) is 10.9. The van der Waals surface area contributed by atoms with Crippen molar-refractivity contribution >= 4 is 21.6 Å². The number of rotatable bonds is 5. The molecule has 92 valence electrons. The monoisotopic (exact) mass is 301 g/mol. The molecule has 0 heterocycles. The highest BCUT2D eigenvalue weighted by Crippen LogP contribution is 2.16. The lowest BCUT2D eigenvalue weighted by molar-refractivity contribution is 0.130. The molecule has 0 spiro atoms. The van der Waals surface area contributed by atoms with Crippen LogP contribution in [0.5, 0.6) is 0 Å². The van der Waals surface area contributed by atoms with Crippen molar-refractivity contribution in [3.63, 3.8) is 0 Å². The second-order valence-electron chi connectivity index (χ2n) is 3.42. The second kappa shape index (κ2) is 6.51. The van der Waals surface area contributed by atoms with Crippen LogP contribution in [0.1, 0.15) is 12.5 Å². The Balaban J connectivity index is 2.87. The largest absolute Gasteiger partial charge is 0.411 e. The van der Waals surface area contributed by atoms with Gasteiger partial charge in [-0.3, -0.25) is 0 Å². The van der Waals surface area contributed by atoms with E-state index >= 15 is 0 Å². The van der Waals surface area contributed by atoms with Crippen LogP contribution in [0.15, 0.2) is 40.5 Å². The van der Waals surface area contributed by atoms with Gasteiger partial charge in [-0.2, -0.15) is 0 Å². The molecule has 5 heteroatoms. The Kier molecular flexibility index (Phi) is 5.31. The van der Waals surface area contributed by atoms with Crippen molar-refractivity contribution < 1.29 is 14.3 Å². The molecule has 1 N–H and O–H groups in total. The molecule has 1 atom stereocenters. The van der Waals surface area contributed by atoms with E-state index in [-0.39, 0.29) is 24.0 Å². The van der Waals surface area contributed by atoms with Gasteiger partial charge in [-0.1, -0.05) is 27.2 Å². The molecule has 0 radical (unpaired) electrons. The van der Waals surface area contributed by atoms with Crippen molar-refractivity contribution in [2.45, 2.75) is 13.0 Å². The molecule has 1 aromatic carbocycles. The summed E-state index contributed by atoms with van der Waals surface area (Å²) < 4.78 is 19.5. The van der Waals surface area contributed by atoms with E-state index in [4.69, 9.17) is 9.94 Å². The maximum absolute atomic E-state index is 13.5. The van der Waals surface area contributed by atoms with Gasteiger partial charge in [0.2, 0.25) is 0 Å². The lowest BCUT2D eigenvalue weighted by Gasteiger charge is -2.10. The molecule has 0 fully saturated rings. The molecule has 1 aromatic rings. The molecule has 0 amide bonds. The van der Waals surface area contributed by atoms with Crippen LogP contribution in [0, 0.1) is 5.82 Å². The van der Waals surface area contributed by atoms with Crippen molar-refractivity contribution in [2.75, 3.05) is 6.61 Å². The fraction of sp³-hybridized carbons (Fsp3) is 0.250. The van der Waals surface area contributed by atoms with Crippen LogP contribution < -0.4 is 0 Å². The molecule has 1 rings (SSSR count). The van der Waals surface area contributed by atoms with Gasteiger partial charge in [0.1, 0.15) is 11.5 Å². The van der Waals surface area contributed by atoms with Crippen LogP contribution in [0.2, 0.25) is 0 Å². The van der Waals surface area contributed by atoms with Crippen LogP contribution in [-0.2, 0) is 4.74 Å². The third kappa shape index (κ3) is 3.94. The summed E-state index contributed by atoms with van der Waals surface area (Å²) >= 11 is 3.23. The summed E-state index contributed by atoms with van der Waals surface area (Å²) in [5.74, 6) is -0.462. The predicted octanol–water partition coefficient (Wildman–Crippen LogP) is 3.36. The highest BCUT2D eigenvalue weighted by molar-refractivity contribution is 9.10. The molecule has 17 heavy (non-hydrogen) atoms. The van der Waals surface area contributed by atoms with Gasteiger partial charge in [0.05, 0.1) is 12.7 Å². The van der Waals surface area contributed by atoms with Gasteiger partial charge in [0, 0.05) is 10.0 Å². The fourth-order valence-corrected chi connectivity index (χ4v) is 1.52. The number of benzene rings is 1. The maximum atomic E-state index is 13.5. The Morgan fingerprint density at radius 1 is 1.71 bits per heavy atom. The van der Waals surface area contributed by atoms with E-state index in [0.29, 0.717) is 4.47 Å². The second-order valence-corrected chi connectivity index (χ2v) is 4.34. The summed E-state index contributed by atoms with van der Waals surface area (Å²) in [6.07, 6.45) is 1.41. The number of hydrogen-bond acceptors (Lipinski definition) is 3. The van der Waals surface area contributed by atoms with Gasteiger partial charge in [0.25, 0.3) is 0 Å². The Hall–Kier alpha value is -1.20. The zero-order valence-electron chi connectivity index (χ0n) is 9.36. The lowest BCUT2D eigenvalue weighted by Crippen LogP contribution is -2.16. The number of ether oxygens (including phenoxy) is 1. The van der Waals surface area contributed by atoms with Crippen LogP contribution in [0.4, 0.5) is 4.39 Å². The summed E-state index contributed by atoms with van der Waals surface area (Å²) in [6, 6.07) is 4.40. The van der Waals surface area contributed by atoms with Gasteiger partial charge in [-0.05, 0) is 25.1 Å². The quantitative estimate of drug-likeness (QED) is 0.392. The van der Waals surface area contributed by atoms with E-state index in [2.05, 4.69) is 27.7 Å². The summed E-state index contributed by atoms with van der Waals surface area (Å²) in [4.78, 5) is 0. The van der Waals surface area contributed by atoms with Crippen molar-refractivity contribution in [3.05, 3.63) is 46.7 Å². The molecule has 0 aliphatic heterocycles. The Labute approximate surface area is 108 Å². The lowest BCUT2D eigenvalue weighted by atomic mass is 10.1. The van der Waals surface area contributed by atoms with Crippen molar-refractivity contribution in [2.24, 2.45) is 5.16 Å². The minimum Gasteiger partial charge on any atom is -0.411 e. The van der Waals surface area contributed by atoms with Gasteiger partial charge in [-0.25, -0.2) is 4.39 Å². The minimum atomic E-state index is -0.462. The number of nitrogens with zero attached hydrogens (tertiary/aromatic N) is 1. The first kappa shape index (κ1) is 13.9. The molecular weight excluding hydrogens is 289 g/mol. The van der Waals surface area contributed by atoms with Gasteiger partial charge >= 0.3 is 0 Å². The van der Waals surface area contributed by atoms with Crippen LogP contribution in [0.25, 0.3) is 0 Å². The Morgan fingerprint density at radius 3 is 3.00 bits per heavy atom. The third-order valence-electron chi connectivity index (χ3n) is 2.17. The highest BCUT2D eigenvalue weighted by atomic mass is 79.9. The average molecular weight is 302 g/mol. The van der Waals surface area contributed by atoms with Crippen LogP contribution >= 0.6 is 15.9 Å². The molecule has 0 saturated heterocycles. The fourth-order valence-electron chi connectivity index (χ4n) is 1.16. The average Bonchev–Trinajstić information content (AvgIpc) is 2.33. The SMILES string of the molecule is C=CC(C)OCC(=NO)c1cc(Br)ccc1F. The molecule has 0 aliphatic rings. The number of oxime groups is 1. The number of hydrogen-bond donors (Lipinski definition) is 1. The topological polar surface area (TPSA) is 41.8 Å². The van der Waals surface area contributed by atoms with E-state index in [9.17, 15) is 4.39 Å². The normalized spacial score (nSPS) is 13.5. The Bertz CT molecular complexity index is 435. The molecule has 1 unspecified atom stereocenters. The van der Waals surface area contributed by atoms with E-state index in [0.717, 1.165) is 0 Å². The van der Waals surface area contributed by atoms with Crippen LogP contribution in [-0.4, -0.2) is 23.6 Å². The standard InChI is InChI=1S/C12H13BrFNO2/c1-3-8(2)17-7-12(15-16)10-6-9(13)4-5-11(10)14/h3-6,8,16H,1,7H2,2H3. The van der Waals surface area contributed by atoms with Crippen LogP contribution in [0.3, 0.4) is 0 Å². The first-order chi connectivity index (χ1) is 8.08. The van der Waals surface area contributed by atoms with Crippen molar-refractivity contribution in [3.8, 4) is 0 Å². The number of halogens is 2. The molecule has 3 nitrogen and oxygen atoms in total. The maximum Gasteiger partial charge on any atom is 0.132 e. The smallest absolute Gasteiger partial charge is 0.132 e. The predicted molar refractivity (Wildman–Crippen MR) is 68.0 cm³/mol. The summed E-state index contributed by atoms with van der Waals surface area (Å²) in [5.41, 5.74) is 0.343.